The second kappa shape index (κ2) is 9.78. The molecule has 1 aromatic heterocycles. The predicted octanol–water partition coefficient (Wildman–Crippen LogP) is 1.82. The lowest BCUT2D eigenvalue weighted by atomic mass is 10.2. The molecule has 1 aliphatic heterocycles. The van der Waals surface area contributed by atoms with Gasteiger partial charge in [-0.05, 0) is 61.4 Å². The van der Waals surface area contributed by atoms with Crippen LogP contribution in [0.1, 0.15) is 19.3 Å². The normalized spacial score (nSPS) is 14.9. The summed E-state index contributed by atoms with van der Waals surface area (Å²) in [5, 5.41) is 7.14. The zero-order valence-electron chi connectivity index (χ0n) is 16.5. The minimum absolute atomic E-state index is 0. The summed E-state index contributed by atoms with van der Waals surface area (Å²) >= 11 is 7.58. The van der Waals surface area contributed by atoms with Gasteiger partial charge >= 0.3 is 5.13 Å². The molecule has 1 aliphatic rings. The summed E-state index contributed by atoms with van der Waals surface area (Å²) in [4.78, 5) is 0.349. The van der Waals surface area contributed by atoms with Crippen molar-refractivity contribution in [2.75, 3.05) is 18.4 Å². The van der Waals surface area contributed by atoms with Crippen LogP contribution in [0.25, 0.3) is 11.3 Å². The number of anilines is 2. The Morgan fingerprint density at radius 3 is 2.27 bits per heavy atom. The van der Waals surface area contributed by atoms with E-state index in [1.54, 1.807) is 27.8 Å². The van der Waals surface area contributed by atoms with E-state index in [0.717, 1.165) is 41.3 Å². The third-order valence-corrected chi connectivity index (χ3v) is 8.25. The average molecular weight is 529 g/mol. The topological polar surface area (TPSA) is 53.3 Å². The van der Waals surface area contributed by atoms with Crippen LogP contribution < -0.4 is 26.9 Å². The van der Waals surface area contributed by atoms with Crippen LogP contribution >= 0.6 is 22.9 Å². The maximum atomic E-state index is 12.8. The first-order valence-electron chi connectivity index (χ1n) is 9.56. The second-order valence-electron chi connectivity index (χ2n) is 7.11. The first-order valence-corrected chi connectivity index (χ1v) is 12.3. The van der Waals surface area contributed by atoms with Crippen LogP contribution in [0.5, 0.6) is 0 Å². The smallest absolute Gasteiger partial charge is 0.339 e. The van der Waals surface area contributed by atoms with E-state index >= 15 is 0 Å². The number of aromatic nitrogens is 1. The Hall–Kier alpha value is -1.45. The van der Waals surface area contributed by atoms with Crippen molar-refractivity contribution in [3.05, 3.63) is 58.9 Å². The van der Waals surface area contributed by atoms with Gasteiger partial charge in [0.1, 0.15) is 11.4 Å². The highest BCUT2D eigenvalue weighted by molar-refractivity contribution is 7.89. The zero-order chi connectivity index (χ0) is 20.4. The highest BCUT2D eigenvalue weighted by Crippen LogP contribution is 2.27. The van der Waals surface area contributed by atoms with Crippen LogP contribution in [0, 0.1) is 0 Å². The highest BCUT2D eigenvalue weighted by Gasteiger charge is 2.26. The van der Waals surface area contributed by atoms with Crippen LogP contribution in [0.4, 0.5) is 10.8 Å². The number of benzene rings is 2. The third-order valence-electron chi connectivity index (χ3n) is 5.15. The molecule has 0 spiro atoms. The van der Waals surface area contributed by atoms with Crippen LogP contribution in [-0.2, 0) is 17.1 Å². The first-order chi connectivity index (χ1) is 13.9. The third kappa shape index (κ3) is 4.89. The van der Waals surface area contributed by atoms with E-state index in [0.29, 0.717) is 23.0 Å². The Kier molecular flexibility index (Phi) is 7.57. The Morgan fingerprint density at radius 1 is 1.00 bits per heavy atom. The summed E-state index contributed by atoms with van der Waals surface area (Å²) in [6.07, 6.45) is 2.97. The maximum Gasteiger partial charge on any atom is 0.339 e. The van der Waals surface area contributed by atoms with Crippen molar-refractivity contribution in [2.45, 2.75) is 24.2 Å². The number of piperidine rings is 1. The molecule has 0 aliphatic carbocycles. The van der Waals surface area contributed by atoms with E-state index in [9.17, 15) is 8.42 Å². The van der Waals surface area contributed by atoms with Gasteiger partial charge in [0.15, 0.2) is 0 Å². The lowest BCUT2D eigenvalue weighted by Crippen LogP contribution is -3.00. The van der Waals surface area contributed by atoms with Gasteiger partial charge in [0, 0.05) is 29.1 Å². The Labute approximate surface area is 197 Å². The van der Waals surface area contributed by atoms with Gasteiger partial charge < -0.3 is 17.0 Å². The number of hydrogen-bond acceptors (Lipinski definition) is 4. The van der Waals surface area contributed by atoms with Gasteiger partial charge in [-0.15, -0.1) is 0 Å². The summed E-state index contributed by atoms with van der Waals surface area (Å²) in [5.74, 6) is 0. The number of rotatable bonds is 5. The maximum absolute atomic E-state index is 12.8. The number of nitrogens with one attached hydrogen (secondary N) is 1. The molecule has 2 aromatic carbocycles. The van der Waals surface area contributed by atoms with Gasteiger partial charge in [-0.2, -0.15) is 4.31 Å². The van der Waals surface area contributed by atoms with E-state index in [2.05, 4.69) is 15.3 Å². The molecule has 2 heterocycles. The van der Waals surface area contributed by atoms with Gasteiger partial charge in [-0.3, -0.25) is 0 Å². The van der Waals surface area contributed by atoms with Crippen molar-refractivity contribution < 1.29 is 30.0 Å². The standard InChI is InChI=1S/C21H22ClN3O2S2.BrH/c1-24-20(16-5-7-17(22)8-6-16)15-28-21(24)23-18-9-11-19(12-10-18)29(26,27)25-13-3-2-4-14-25;/h5-12,15H,2-4,13-14H2,1H3;1H. The molecule has 0 amide bonds. The molecule has 9 heteroatoms. The molecule has 0 bridgehead atoms. The zero-order valence-corrected chi connectivity index (χ0v) is 20.5. The average Bonchev–Trinajstić information content (AvgIpc) is 3.10. The molecule has 0 radical (unpaired) electrons. The Balaban J connectivity index is 0.00000256. The van der Waals surface area contributed by atoms with Crippen molar-refractivity contribution >= 4 is 43.8 Å². The van der Waals surface area contributed by atoms with Gasteiger partial charge in [-0.1, -0.05) is 29.4 Å². The largest absolute Gasteiger partial charge is 1.00 e. The molecular weight excluding hydrogens is 506 g/mol. The van der Waals surface area contributed by atoms with Crippen LogP contribution in [0.3, 0.4) is 0 Å². The van der Waals surface area contributed by atoms with E-state index in [1.165, 1.54) is 0 Å². The molecule has 0 unspecified atom stereocenters. The van der Waals surface area contributed by atoms with Crippen molar-refractivity contribution in [1.29, 1.82) is 0 Å². The van der Waals surface area contributed by atoms with Gasteiger partial charge in [0.2, 0.25) is 10.0 Å². The first kappa shape index (κ1) is 23.2. The minimum atomic E-state index is -3.40. The van der Waals surface area contributed by atoms with Gasteiger partial charge in [-0.25, -0.2) is 18.3 Å². The number of halogens is 2. The lowest BCUT2D eigenvalue weighted by Gasteiger charge is -2.25. The summed E-state index contributed by atoms with van der Waals surface area (Å²) < 4.78 is 29.2. The van der Waals surface area contributed by atoms with E-state index in [-0.39, 0.29) is 17.0 Å². The molecule has 3 aromatic rings. The number of nitrogens with zero attached hydrogens (tertiary/aromatic N) is 2. The fourth-order valence-corrected chi connectivity index (χ4v) is 6.06. The summed E-state index contributed by atoms with van der Waals surface area (Å²) in [7, 11) is -1.41. The number of thiazole rings is 1. The fourth-order valence-electron chi connectivity index (χ4n) is 3.46. The molecule has 0 atom stereocenters. The van der Waals surface area contributed by atoms with E-state index in [4.69, 9.17) is 11.6 Å². The summed E-state index contributed by atoms with van der Waals surface area (Å²) in [5.41, 5.74) is 3.02. The molecule has 1 N–H and O–H groups in total. The van der Waals surface area contributed by atoms with Crippen LogP contribution in [0.2, 0.25) is 5.02 Å². The summed E-state index contributed by atoms with van der Waals surface area (Å²) in [6, 6.07) is 14.7. The molecule has 4 rings (SSSR count). The molecule has 160 valence electrons. The van der Waals surface area contributed by atoms with Crippen molar-refractivity contribution in [1.82, 2.24) is 4.31 Å². The number of sulfonamides is 1. The van der Waals surface area contributed by atoms with Crippen molar-refractivity contribution in [3.63, 3.8) is 0 Å². The lowest BCUT2D eigenvalue weighted by molar-refractivity contribution is -0.641. The Morgan fingerprint density at radius 2 is 1.63 bits per heavy atom. The predicted molar refractivity (Wildman–Crippen MR) is 118 cm³/mol. The fraction of sp³-hybridized carbons (Fsp3) is 0.286. The Bertz CT molecular complexity index is 1090. The van der Waals surface area contributed by atoms with Crippen LogP contribution in [0.15, 0.2) is 58.8 Å². The quantitative estimate of drug-likeness (QED) is 0.514. The second-order valence-corrected chi connectivity index (χ2v) is 10.3. The molecular formula is C21H23BrClN3O2S2. The van der Waals surface area contributed by atoms with E-state index in [1.807, 2.05) is 43.4 Å². The SMILES string of the molecule is C[n+]1c(-c2ccc(Cl)cc2)csc1Nc1ccc(S(=O)(=O)N2CCCCC2)cc1.[Br-]. The van der Waals surface area contributed by atoms with Crippen LogP contribution in [-0.4, -0.2) is 25.8 Å². The molecule has 0 saturated carbocycles. The number of hydrogen-bond donors (Lipinski definition) is 1. The monoisotopic (exact) mass is 527 g/mol. The summed E-state index contributed by atoms with van der Waals surface area (Å²) in [6.45, 7) is 1.22. The molecule has 1 fully saturated rings. The molecule has 5 nitrogen and oxygen atoms in total. The van der Waals surface area contributed by atoms with Crippen molar-refractivity contribution in [2.24, 2.45) is 7.05 Å². The van der Waals surface area contributed by atoms with Gasteiger partial charge in [0.25, 0.3) is 0 Å². The van der Waals surface area contributed by atoms with Crippen molar-refractivity contribution in [3.8, 4) is 11.3 Å². The minimum Gasteiger partial charge on any atom is -1.00 e. The van der Waals surface area contributed by atoms with E-state index < -0.39 is 10.0 Å². The van der Waals surface area contributed by atoms with Gasteiger partial charge in [0.05, 0.1) is 11.9 Å². The molecule has 30 heavy (non-hydrogen) atoms. The molecule has 1 saturated heterocycles. The highest BCUT2D eigenvalue weighted by atomic mass is 79.9.